The molecule has 180 valence electrons. The fourth-order valence-corrected chi connectivity index (χ4v) is 4.80. The molecule has 0 radical (unpaired) electrons. The van der Waals surface area contributed by atoms with Gasteiger partial charge in [-0.2, -0.15) is 31.4 Å². The number of carbonyl (C=O) groups excluding carboxylic acids is 1. The summed E-state index contributed by atoms with van der Waals surface area (Å²) >= 11 is 1.30. The summed E-state index contributed by atoms with van der Waals surface area (Å²) in [5, 5.41) is 7.17. The molecule has 0 saturated heterocycles. The minimum absolute atomic E-state index is 0.204. The Morgan fingerprint density at radius 3 is 2.45 bits per heavy atom. The third kappa shape index (κ3) is 4.99. The van der Waals surface area contributed by atoms with E-state index in [1.165, 1.54) is 30.1 Å². The first-order valence-electron chi connectivity index (χ1n) is 10.4. The van der Waals surface area contributed by atoms with Crippen LogP contribution in [-0.2, 0) is 12.7 Å². The van der Waals surface area contributed by atoms with E-state index in [-0.39, 0.29) is 30.8 Å². The van der Waals surface area contributed by atoms with Crippen LogP contribution in [0.3, 0.4) is 0 Å². The highest BCUT2D eigenvalue weighted by molar-refractivity contribution is 7.98. The second kappa shape index (κ2) is 8.21. The van der Waals surface area contributed by atoms with E-state index in [0.29, 0.717) is 17.9 Å². The van der Waals surface area contributed by atoms with E-state index in [4.69, 9.17) is 0 Å². The maximum absolute atomic E-state index is 14.1. The standard InChI is InChI=1S/C21H22F6N4OS/c1-19(8-12(9-19)20(22,23)24)10-31-17(15(21(25,26)27)16(30-31)11-3-4-11)18(32)29-13-5-6-28-14(7-13)33-2/h5-7,11-12H,3-4,8-10H2,1-2H3,(H,28,29,32). The van der Waals surface area contributed by atoms with Crippen molar-refractivity contribution >= 4 is 23.4 Å². The van der Waals surface area contributed by atoms with Gasteiger partial charge in [-0.3, -0.25) is 9.48 Å². The number of hydrogen-bond acceptors (Lipinski definition) is 4. The van der Waals surface area contributed by atoms with Crippen molar-refractivity contribution in [1.29, 1.82) is 0 Å². The van der Waals surface area contributed by atoms with Crippen LogP contribution in [0.15, 0.2) is 23.4 Å². The molecule has 0 spiro atoms. The molecule has 4 rings (SSSR count). The van der Waals surface area contributed by atoms with Gasteiger partial charge in [-0.15, -0.1) is 11.8 Å². The minimum atomic E-state index is -4.83. The number of hydrogen-bond donors (Lipinski definition) is 1. The maximum atomic E-state index is 14.1. The second-order valence-electron chi connectivity index (χ2n) is 9.04. The van der Waals surface area contributed by atoms with Gasteiger partial charge in [0.25, 0.3) is 5.91 Å². The van der Waals surface area contributed by atoms with Gasteiger partial charge in [-0.1, -0.05) is 6.92 Å². The largest absolute Gasteiger partial charge is 0.420 e. The third-order valence-electron chi connectivity index (χ3n) is 6.12. The number of alkyl halides is 6. The Bertz CT molecular complexity index is 1050. The predicted octanol–water partition coefficient (Wildman–Crippen LogP) is 6.13. The lowest BCUT2D eigenvalue weighted by molar-refractivity contribution is -0.221. The maximum Gasteiger partial charge on any atom is 0.420 e. The zero-order valence-corrected chi connectivity index (χ0v) is 18.7. The summed E-state index contributed by atoms with van der Waals surface area (Å²) < 4.78 is 82.2. The number of carbonyl (C=O) groups is 1. The number of nitrogens with zero attached hydrogens (tertiary/aromatic N) is 3. The summed E-state index contributed by atoms with van der Waals surface area (Å²) in [6, 6.07) is 2.98. The highest BCUT2D eigenvalue weighted by Crippen LogP contribution is 2.54. The van der Waals surface area contributed by atoms with E-state index < -0.39 is 46.8 Å². The van der Waals surface area contributed by atoms with Crippen molar-refractivity contribution in [2.75, 3.05) is 11.6 Å². The van der Waals surface area contributed by atoms with Gasteiger partial charge in [0, 0.05) is 24.3 Å². The van der Waals surface area contributed by atoms with Gasteiger partial charge < -0.3 is 5.32 Å². The van der Waals surface area contributed by atoms with E-state index >= 15 is 0 Å². The molecule has 0 aromatic carbocycles. The van der Waals surface area contributed by atoms with Gasteiger partial charge in [0.05, 0.1) is 16.6 Å². The van der Waals surface area contributed by atoms with Crippen molar-refractivity contribution in [3.63, 3.8) is 0 Å². The average Bonchev–Trinajstić information content (AvgIpc) is 3.45. The van der Waals surface area contributed by atoms with Crippen LogP contribution in [-0.4, -0.2) is 33.1 Å². The average molecular weight is 492 g/mol. The molecule has 0 atom stereocenters. The van der Waals surface area contributed by atoms with Crippen molar-refractivity contribution in [3.8, 4) is 0 Å². The quantitative estimate of drug-likeness (QED) is 0.390. The van der Waals surface area contributed by atoms with Crippen LogP contribution in [0.4, 0.5) is 32.0 Å². The number of pyridine rings is 1. The molecule has 2 aromatic heterocycles. The molecular weight excluding hydrogens is 470 g/mol. The van der Waals surface area contributed by atoms with Gasteiger partial charge in [0.2, 0.25) is 0 Å². The molecule has 2 saturated carbocycles. The molecule has 2 aliphatic carbocycles. The van der Waals surface area contributed by atoms with Crippen LogP contribution in [0.25, 0.3) is 0 Å². The Morgan fingerprint density at radius 1 is 1.24 bits per heavy atom. The number of aromatic nitrogens is 3. The first-order valence-corrected chi connectivity index (χ1v) is 11.6. The molecule has 2 aliphatic rings. The zero-order chi connectivity index (χ0) is 24.2. The smallest absolute Gasteiger partial charge is 0.321 e. The van der Waals surface area contributed by atoms with E-state index in [1.807, 2.05) is 0 Å². The highest BCUT2D eigenvalue weighted by atomic mass is 32.2. The molecule has 1 amide bonds. The molecule has 1 N–H and O–H groups in total. The Hall–Kier alpha value is -2.24. The third-order valence-corrected chi connectivity index (χ3v) is 6.76. The van der Waals surface area contributed by atoms with Gasteiger partial charge in [-0.25, -0.2) is 4.98 Å². The van der Waals surface area contributed by atoms with Crippen molar-refractivity contribution in [3.05, 3.63) is 35.3 Å². The van der Waals surface area contributed by atoms with Crippen LogP contribution in [0.5, 0.6) is 0 Å². The molecule has 2 fully saturated rings. The van der Waals surface area contributed by atoms with E-state index in [9.17, 15) is 31.1 Å². The summed E-state index contributed by atoms with van der Waals surface area (Å²) in [6.07, 6.45) is -5.40. The monoisotopic (exact) mass is 492 g/mol. The van der Waals surface area contributed by atoms with E-state index in [0.717, 1.165) is 4.68 Å². The normalized spacial score (nSPS) is 23.3. The summed E-state index contributed by atoms with van der Waals surface area (Å²) in [6.45, 7) is 1.38. The molecule has 12 heteroatoms. The van der Waals surface area contributed by atoms with Crippen molar-refractivity contribution in [2.24, 2.45) is 11.3 Å². The van der Waals surface area contributed by atoms with Gasteiger partial charge in [0.1, 0.15) is 11.3 Å². The van der Waals surface area contributed by atoms with Gasteiger partial charge >= 0.3 is 12.4 Å². The lowest BCUT2D eigenvalue weighted by atomic mass is 9.63. The predicted molar refractivity (Wildman–Crippen MR) is 110 cm³/mol. The first-order chi connectivity index (χ1) is 15.3. The second-order valence-corrected chi connectivity index (χ2v) is 9.86. The Kier molecular flexibility index (Phi) is 5.95. The summed E-state index contributed by atoms with van der Waals surface area (Å²) in [5.41, 5.74) is -2.61. The van der Waals surface area contributed by atoms with E-state index in [1.54, 1.807) is 13.2 Å². The molecule has 2 aromatic rings. The molecule has 0 aliphatic heterocycles. The van der Waals surface area contributed by atoms with Crippen LogP contribution in [0.1, 0.15) is 60.3 Å². The van der Waals surface area contributed by atoms with Crippen molar-refractivity contribution < 1.29 is 31.1 Å². The fourth-order valence-electron chi connectivity index (χ4n) is 4.39. The Morgan fingerprint density at radius 2 is 1.91 bits per heavy atom. The molecular formula is C21H22F6N4OS. The number of anilines is 1. The number of halogens is 6. The number of nitrogens with one attached hydrogen (secondary N) is 1. The molecule has 5 nitrogen and oxygen atoms in total. The van der Waals surface area contributed by atoms with Crippen molar-refractivity contribution in [1.82, 2.24) is 14.8 Å². The molecule has 33 heavy (non-hydrogen) atoms. The first kappa shape index (κ1) is 23.9. The summed E-state index contributed by atoms with van der Waals surface area (Å²) in [7, 11) is 0. The Labute approximate surface area is 190 Å². The Balaban J connectivity index is 1.70. The van der Waals surface area contributed by atoms with Gasteiger partial charge in [-0.05, 0) is 49.5 Å². The topological polar surface area (TPSA) is 59.8 Å². The zero-order valence-electron chi connectivity index (χ0n) is 17.8. The van der Waals surface area contributed by atoms with Crippen molar-refractivity contribution in [2.45, 2.75) is 62.4 Å². The number of rotatable bonds is 6. The van der Waals surface area contributed by atoms with Crippen LogP contribution in [0.2, 0.25) is 0 Å². The van der Waals surface area contributed by atoms with Crippen LogP contribution in [0, 0.1) is 11.3 Å². The summed E-state index contributed by atoms with van der Waals surface area (Å²) in [5.74, 6) is -2.91. The number of thioether (sulfide) groups is 1. The molecule has 2 heterocycles. The summed E-state index contributed by atoms with van der Waals surface area (Å²) in [4.78, 5) is 17.2. The number of amides is 1. The van der Waals surface area contributed by atoms with Crippen LogP contribution >= 0.6 is 11.8 Å². The fraction of sp³-hybridized carbons (Fsp3) is 0.571. The lowest BCUT2D eigenvalue weighted by Crippen LogP contribution is -2.45. The lowest BCUT2D eigenvalue weighted by Gasteiger charge is -2.46. The SMILES string of the molecule is CSc1cc(NC(=O)c2c(C(F)(F)F)c(C3CC3)nn2CC2(C)CC(C(F)(F)F)C2)ccn1. The van der Waals surface area contributed by atoms with E-state index in [2.05, 4.69) is 15.4 Å². The molecule has 0 unspecified atom stereocenters. The highest BCUT2D eigenvalue weighted by Gasteiger charge is 2.54. The van der Waals surface area contributed by atoms with Gasteiger partial charge in [0.15, 0.2) is 0 Å². The minimum Gasteiger partial charge on any atom is -0.321 e. The van der Waals surface area contributed by atoms with Crippen LogP contribution < -0.4 is 5.32 Å². The molecule has 0 bridgehead atoms.